The molecule has 1 aliphatic carbocycles. The molecule has 1 aliphatic rings. The summed E-state index contributed by atoms with van der Waals surface area (Å²) in [7, 11) is 0. The Balaban J connectivity index is 1.96. The minimum atomic E-state index is -0.111. The van der Waals surface area contributed by atoms with Crippen LogP contribution in [0.1, 0.15) is 45.3 Å². The summed E-state index contributed by atoms with van der Waals surface area (Å²) >= 11 is 0. The highest BCUT2D eigenvalue weighted by atomic mass is 16.5. The first-order valence-corrected chi connectivity index (χ1v) is 7.54. The summed E-state index contributed by atoms with van der Waals surface area (Å²) in [5, 5.41) is 5.08. The molecule has 6 heteroatoms. The summed E-state index contributed by atoms with van der Waals surface area (Å²) in [6.07, 6.45) is 5.92. The Morgan fingerprint density at radius 3 is 2.73 bits per heavy atom. The van der Waals surface area contributed by atoms with Gasteiger partial charge < -0.3 is 14.8 Å². The number of fused-ring (bicyclic) bond motifs is 1. The van der Waals surface area contributed by atoms with Crippen LogP contribution in [0, 0.1) is 0 Å². The van der Waals surface area contributed by atoms with E-state index in [0.717, 1.165) is 28.1 Å². The lowest BCUT2D eigenvalue weighted by Gasteiger charge is -2.21. The topological polar surface area (TPSA) is 82.8 Å². The molecule has 2 N–H and O–H groups in total. The lowest BCUT2D eigenvalue weighted by Crippen LogP contribution is -2.21. The molecule has 0 saturated heterocycles. The predicted molar refractivity (Wildman–Crippen MR) is 84.4 cm³/mol. The van der Waals surface area contributed by atoms with E-state index in [4.69, 9.17) is 10.3 Å². The van der Waals surface area contributed by atoms with Gasteiger partial charge in [-0.25, -0.2) is 9.97 Å². The van der Waals surface area contributed by atoms with E-state index in [0.29, 0.717) is 11.7 Å². The number of hydrogen-bond donors (Lipinski definition) is 1. The Morgan fingerprint density at radius 2 is 2.05 bits per heavy atom. The number of aromatic nitrogens is 4. The zero-order valence-corrected chi connectivity index (χ0v) is 13.0. The van der Waals surface area contributed by atoms with Crippen LogP contribution in [0.25, 0.3) is 22.3 Å². The van der Waals surface area contributed by atoms with Gasteiger partial charge >= 0.3 is 0 Å². The molecule has 0 bridgehead atoms. The van der Waals surface area contributed by atoms with Gasteiger partial charge in [-0.2, -0.15) is 0 Å². The van der Waals surface area contributed by atoms with Crippen LogP contribution in [0.15, 0.2) is 23.1 Å². The highest BCUT2D eigenvalue weighted by Crippen LogP contribution is 2.42. The molecule has 0 spiro atoms. The Bertz CT molecular complexity index is 851. The van der Waals surface area contributed by atoms with Crippen LogP contribution in [-0.2, 0) is 5.54 Å². The van der Waals surface area contributed by atoms with E-state index >= 15 is 0 Å². The van der Waals surface area contributed by atoms with Crippen LogP contribution in [0.4, 0.5) is 5.82 Å². The third-order valence-corrected chi connectivity index (χ3v) is 4.12. The Morgan fingerprint density at radius 1 is 1.27 bits per heavy atom. The van der Waals surface area contributed by atoms with Gasteiger partial charge in [-0.1, -0.05) is 5.16 Å². The second-order valence-corrected chi connectivity index (χ2v) is 6.93. The number of rotatable bonds is 2. The maximum atomic E-state index is 6.11. The van der Waals surface area contributed by atoms with Crippen molar-refractivity contribution in [3.8, 4) is 11.3 Å². The predicted octanol–water partition coefficient (Wildman–Crippen LogP) is 3.30. The number of nitrogens with two attached hydrogens (primary N) is 1. The molecule has 1 saturated carbocycles. The number of hydrogen-bond acceptors (Lipinski definition) is 5. The fourth-order valence-electron chi connectivity index (χ4n) is 2.77. The maximum absolute atomic E-state index is 6.11. The Kier molecular flexibility index (Phi) is 2.61. The van der Waals surface area contributed by atoms with Crippen molar-refractivity contribution in [2.45, 2.75) is 45.1 Å². The van der Waals surface area contributed by atoms with E-state index in [1.165, 1.54) is 19.2 Å². The largest absolute Gasteiger partial charge is 0.383 e. The van der Waals surface area contributed by atoms with Gasteiger partial charge in [0.1, 0.15) is 29.2 Å². The van der Waals surface area contributed by atoms with Gasteiger partial charge in [0.25, 0.3) is 0 Å². The molecule has 0 radical (unpaired) electrons. The lowest BCUT2D eigenvalue weighted by molar-refractivity contribution is 0.386. The molecule has 22 heavy (non-hydrogen) atoms. The molecular formula is C16H19N5O. The molecule has 3 aromatic heterocycles. The lowest BCUT2D eigenvalue weighted by atomic mass is 10.1. The van der Waals surface area contributed by atoms with Crippen molar-refractivity contribution in [2.75, 3.05) is 5.73 Å². The highest BCUT2D eigenvalue weighted by molar-refractivity contribution is 6.00. The molecule has 6 nitrogen and oxygen atoms in total. The average molecular weight is 297 g/mol. The van der Waals surface area contributed by atoms with Gasteiger partial charge in [0.05, 0.1) is 5.39 Å². The molecule has 3 aromatic rings. The van der Waals surface area contributed by atoms with Crippen LogP contribution in [0.2, 0.25) is 0 Å². The molecule has 3 heterocycles. The van der Waals surface area contributed by atoms with E-state index in [-0.39, 0.29) is 5.54 Å². The summed E-state index contributed by atoms with van der Waals surface area (Å²) in [4.78, 5) is 8.56. The SMILES string of the molecule is CC(C)(C)n1cc(-c2cc(C3CC3)on2)c2c(N)ncnc21. The molecule has 0 aliphatic heterocycles. The quantitative estimate of drug-likeness (QED) is 0.784. The van der Waals surface area contributed by atoms with E-state index in [1.807, 2.05) is 12.3 Å². The minimum Gasteiger partial charge on any atom is -0.383 e. The Hall–Kier alpha value is -2.37. The van der Waals surface area contributed by atoms with Crippen LogP contribution in [0.3, 0.4) is 0 Å². The first-order chi connectivity index (χ1) is 10.4. The standard InChI is InChI=1S/C16H19N5O/c1-16(2,3)21-7-10(13-14(17)18-8-19-15(13)21)11-6-12(22-20-11)9-4-5-9/h6-9H,4-5H2,1-3H3,(H2,17,18,19). The smallest absolute Gasteiger partial charge is 0.146 e. The van der Waals surface area contributed by atoms with E-state index < -0.39 is 0 Å². The van der Waals surface area contributed by atoms with Crippen LogP contribution in [-0.4, -0.2) is 19.7 Å². The van der Waals surface area contributed by atoms with Crippen LogP contribution >= 0.6 is 0 Å². The van der Waals surface area contributed by atoms with Crippen molar-refractivity contribution in [2.24, 2.45) is 0 Å². The fourth-order valence-corrected chi connectivity index (χ4v) is 2.77. The first kappa shape index (κ1) is 13.3. The second-order valence-electron chi connectivity index (χ2n) is 6.93. The van der Waals surface area contributed by atoms with Crippen molar-refractivity contribution < 1.29 is 4.52 Å². The van der Waals surface area contributed by atoms with Crippen LogP contribution < -0.4 is 5.73 Å². The highest BCUT2D eigenvalue weighted by Gasteiger charge is 2.29. The van der Waals surface area contributed by atoms with E-state index in [9.17, 15) is 0 Å². The minimum absolute atomic E-state index is 0.111. The third kappa shape index (κ3) is 1.98. The van der Waals surface area contributed by atoms with Gasteiger partial charge in [-0.05, 0) is 33.6 Å². The first-order valence-electron chi connectivity index (χ1n) is 7.54. The molecule has 4 rings (SSSR count). The average Bonchev–Trinajstić information content (AvgIpc) is 3.03. The van der Waals surface area contributed by atoms with Gasteiger partial charge in [-0.15, -0.1) is 0 Å². The third-order valence-electron chi connectivity index (χ3n) is 4.12. The molecule has 0 atom stereocenters. The van der Waals surface area contributed by atoms with E-state index in [2.05, 4.69) is 40.5 Å². The van der Waals surface area contributed by atoms with Gasteiger partial charge in [0.15, 0.2) is 0 Å². The zero-order valence-electron chi connectivity index (χ0n) is 13.0. The second kappa shape index (κ2) is 4.32. The summed E-state index contributed by atoms with van der Waals surface area (Å²) in [6.45, 7) is 6.40. The molecule has 1 fully saturated rings. The van der Waals surface area contributed by atoms with Gasteiger partial charge in [0, 0.05) is 29.3 Å². The number of nitrogens with zero attached hydrogens (tertiary/aromatic N) is 4. The molecule has 114 valence electrons. The summed E-state index contributed by atoms with van der Waals surface area (Å²) in [5.74, 6) is 1.96. The van der Waals surface area contributed by atoms with Crippen molar-refractivity contribution in [3.05, 3.63) is 24.4 Å². The molecule has 0 amide bonds. The molecular weight excluding hydrogens is 278 g/mol. The summed E-state index contributed by atoms with van der Waals surface area (Å²) < 4.78 is 7.60. The summed E-state index contributed by atoms with van der Waals surface area (Å²) in [6, 6.07) is 2.02. The molecule has 0 unspecified atom stereocenters. The van der Waals surface area contributed by atoms with Crippen LogP contribution in [0.5, 0.6) is 0 Å². The monoisotopic (exact) mass is 297 g/mol. The summed E-state index contributed by atoms with van der Waals surface area (Å²) in [5.41, 5.74) is 8.55. The number of anilines is 1. The zero-order chi connectivity index (χ0) is 15.5. The maximum Gasteiger partial charge on any atom is 0.146 e. The van der Waals surface area contributed by atoms with Gasteiger partial charge in [0.2, 0.25) is 0 Å². The normalized spacial score (nSPS) is 15.6. The fraction of sp³-hybridized carbons (Fsp3) is 0.438. The number of nitrogen functional groups attached to an aromatic ring is 1. The van der Waals surface area contributed by atoms with Crippen molar-refractivity contribution in [1.29, 1.82) is 0 Å². The van der Waals surface area contributed by atoms with Crippen molar-refractivity contribution in [1.82, 2.24) is 19.7 Å². The van der Waals surface area contributed by atoms with Crippen molar-refractivity contribution >= 4 is 16.9 Å². The Labute approximate surface area is 128 Å². The van der Waals surface area contributed by atoms with Gasteiger partial charge in [-0.3, -0.25) is 0 Å². The van der Waals surface area contributed by atoms with E-state index in [1.54, 1.807) is 0 Å². The van der Waals surface area contributed by atoms with Crippen molar-refractivity contribution in [3.63, 3.8) is 0 Å². The molecule has 0 aromatic carbocycles.